The summed E-state index contributed by atoms with van der Waals surface area (Å²) in [5, 5.41) is 5.96. The molecule has 1 aromatic heterocycles. The molecule has 0 aliphatic carbocycles. The summed E-state index contributed by atoms with van der Waals surface area (Å²) in [6.07, 6.45) is 1.54. The topological polar surface area (TPSA) is 74.0 Å². The number of nitrogens with one attached hydrogen (secondary N) is 3. The maximum atomic E-state index is 12.0. The number of amides is 2. The minimum absolute atomic E-state index is 0.160. The second-order valence-corrected chi connectivity index (χ2v) is 4.78. The maximum Gasteiger partial charge on any atom is 0.272 e. The van der Waals surface area contributed by atoms with Gasteiger partial charge < -0.3 is 15.6 Å². The number of carbonyl (C=O) groups excluding carboxylic acids is 2. The highest BCUT2D eigenvalue weighted by molar-refractivity contribution is 6.31. The van der Waals surface area contributed by atoms with Crippen LogP contribution in [0.5, 0.6) is 0 Å². The molecular formula is C14H14ClN3O2. The van der Waals surface area contributed by atoms with Crippen molar-refractivity contribution >= 4 is 34.8 Å². The van der Waals surface area contributed by atoms with Gasteiger partial charge in [0.25, 0.3) is 5.91 Å². The number of aromatic nitrogens is 1. The fourth-order valence-corrected chi connectivity index (χ4v) is 1.95. The van der Waals surface area contributed by atoms with Crippen LogP contribution in [0.15, 0.2) is 30.5 Å². The Morgan fingerprint density at radius 3 is 2.40 bits per heavy atom. The SMILES string of the molecule is CC(=O)Nc1cccc(NC(=O)c2cc(Cl)c[nH]2)c1C. The van der Waals surface area contributed by atoms with Crippen LogP contribution >= 0.6 is 11.6 Å². The first kappa shape index (κ1) is 14.1. The van der Waals surface area contributed by atoms with Gasteiger partial charge in [0, 0.05) is 24.5 Å². The summed E-state index contributed by atoms with van der Waals surface area (Å²) in [5.74, 6) is -0.451. The van der Waals surface area contributed by atoms with E-state index in [0.29, 0.717) is 22.1 Å². The molecule has 0 unspecified atom stereocenters. The Bertz CT molecular complexity index is 664. The molecule has 2 rings (SSSR count). The molecule has 5 nitrogen and oxygen atoms in total. The zero-order chi connectivity index (χ0) is 14.7. The van der Waals surface area contributed by atoms with Crippen LogP contribution in [0.3, 0.4) is 0 Å². The first-order valence-electron chi connectivity index (χ1n) is 6.00. The standard InChI is InChI=1S/C14H14ClN3O2/c1-8-11(17-9(2)19)4-3-5-12(8)18-14(20)13-6-10(15)7-16-13/h3-7,16H,1-2H3,(H,17,19)(H,18,20). The molecule has 0 radical (unpaired) electrons. The Morgan fingerprint density at radius 1 is 1.20 bits per heavy atom. The molecular weight excluding hydrogens is 278 g/mol. The van der Waals surface area contributed by atoms with Gasteiger partial charge >= 0.3 is 0 Å². The van der Waals surface area contributed by atoms with Crippen LogP contribution in [0.1, 0.15) is 23.0 Å². The van der Waals surface area contributed by atoms with E-state index in [-0.39, 0.29) is 11.8 Å². The van der Waals surface area contributed by atoms with Crippen molar-refractivity contribution in [3.63, 3.8) is 0 Å². The Morgan fingerprint density at radius 2 is 1.85 bits per heavy atom. The number of H-pyrrole nitrogens is 1. The number of benzene rings is 1. The average molecular weight is 292 g/mol. The molecule has 2 amide bonds. The number of aromatic amines is 1. The van der Waals surface area contributed by atoms with E-state index >= 15 is 0 Å². The van der Waals surface area contributed by atoms with E-state index in [2.05, 4.69) is 15.6 Å². The van der Waals surface area contributed by atoms with E-state index in [9.17, 15) is 9.59 Å². The van der Waals surface area contributed by atoms with E-state index in [1.165, 1.54) is 13.1 Å². The fraction of sp³-hybridized carbons (Fsp3) is 0.143. The van der Waals surface area contributed by atoms with E-state index in [0.717, 1.165) is 5.56 Å². The van der Waals surface area contributed by atoms with Crippen molar-refractivity contribution < 1.29 is 9.59 Å². The van der Waals surface area contributed by atoms with Gasteiger partial charge in [0.1, 0.15) is 5.69 Å². The molecule has 0 aliphatic heterocycles. The molecule has 0 bridgehead atoms. The lowest BCUT2D eigenvalue weighted by atomic mass is 10.1. The number of anilines is 2. The number of carbonyl (C=O) groups is 2. The summed E-state index contributed by atoms with van der Waals surface area (Å²) >= 11 is 5.76. The van der Waals surface area contributed by atoms with E-state index in [4.69, 9.17) is 11.6 Å². The number of rotatable bonds is 3. The number of halogens is 1. The van der Waals surface area contributed by atoms with Gasteiger partial charge in [-0.3, -0.25) is 9.59 Å². The van der Waals surface area contributed by atoms with Crippen molar-refractivity contribution in [2.45, 2.75) is 13.8 Å². The lowest BCUT2D eigenvalue weighted by molar-refractivity contribution is -0.114. The third-order valence-electron chi connectivity index (χ3n) is 2.79. The molecule has 1 heterocycles. The van der Waals surface area contributed by atoms with E-state index in [1.54, 1.807) is 24.3 Å². The van der Waals surface area contributed by atoms with E-state index in [1.807, 2.05) is 6.92 Å². The van der Waals surface area contributed by atoms with Crippen molar-refractivity contribution in [2.24, 2.45) is 0 Å². The fourth-order valence-electron chi connectivity index (χ4n) is 1.78. The molecule has 0 saturated carbocycles. The third-order valence-corrected chi connectivity index (χ3v) is 3.00. The Kier molecular flexibility index (Phi) is 4.10. The van der Waals surface area contributed by atoms with Crippen LogP contribution < -0.4 is 10.6 Å². The molecule has 2 aromatic rings. The number of hydrogen-bond donors (Lipinski definition) is 3. The zero-order valence-electron chi connectivity index (χ0n) is 11.1. The molecule has 0 atom stereocenters. The maximum absolute atomic E-state index is 12.0. The summed E-state index contributed by atoms with van der Waals surface area (Å²) in [6, 6.07) is 6.85. The van der Waals surface area contributed by atoms with E-state index < -0.39 is 0 Å². The van der Waals surface area contributed by atoms with Crippen molar-refractivity contribution in [3.05, 3.63) is 46.7 Å². The highest BCUT2D eigenvalue weighted by atomic mass is 35.5. The average Bonchev–Trinajstić information content (AvgIpc) is 2.80. The van der Waals surface area contributed by atoms with Crippen LogP contribution in [0, 0.1) is 6.92 Å². The Hall–Kier alpha value is -2.27. The van der Waals surface area contributed by atoms with Crippen LogP contribution in [0.25, 0.3) is 0 Å². The smallest absolute Gasteiger partial charge is 0.272 e. The minimum atomic E-state index is -0.292. The van der Waals surface area contributed by atoms with Gasteiger partial charge in [0.15, 0.2) is 0 Å². The lowest BCUT2D eigenvalue weighted by Gasteiger charge is -2.12. The Labute approximate surface area is 121 Å². The second kappa shape index (κ2) is 5.79. The molecule has 6 heteroatoms. The van der Waals surface area contributed by atoms with Gasteiger partial charge in [-0.15, -0.1) is 0 Å². The van der Waals surface area contributed by atoms with Crippen molar-refractivity contribution in [1.82, 2.24) is 4.98 Å². The molecule has 1 aromatic carbocycles. The van der Waals surface area contributed by atoms with Crippen LogP contribution in [0.2, 0.25) is 5.02 Å². The van der Waals surface area contributed by atoms with Crippen molar-refractivity contribution in [3.8, 4) is 0 Å². The number of hydrogen-bond acceptors (Lipinski definition) is 2. The van der Waals surface area contributed by atoms with Crippen LogP contribution in [-0.4, -0.2) is 16.8 Å². The first-order chi connectivity index (χ1) is 9.47. The van der Waals surface area contributed by atoms with Gasteiger partial charge in [0.2, 0.25) is 5.91 Å². The Balaban J connectivity index is 2.21. The minimum Gasteiger partial charge on any atom is -0.356 e. The van der Waals surface area contributed by atoms with Gasteiger partial charge in [-0.1, -0.05) is 17.7 Å². The summed E-state index contributed by atoms with van der Waals surface area (Å²) in [7, 11) is 0. The molecule has 0 fully saturated rings. The van der Waals surface area contributed by atoms with Gasteiger partial charge in [-0.25, -0.2) is 0 Å². The van der Waals surface area contributed by atoms with Crippen LogP contribution in [0.4, 0.5) is 11.4 Å². The summed E-state index contributed by atoms with van der Waals surface area (Å²) < 4.78 is 0. The predicted octanol–water partition coefficient (Wildman–Crippen LogP) is 3.19. The first-order valence-corrected chi connectivity index (χ1v) is 6.37. The molecule has 3 N–H and O–H groups in total. The lowest BCUT2D eigenvalue weighted by Crippen LogP contribution is -2.14. The normalized spacial score (nSPS) is 10.2. The molecule has 0 saturated heterocycles. The quantitative estimate of drug-likeness (QED) is 0.812. The van der Waals surface area contributed by atoms with Crippen molar-refractivity contribution in [1.29, 1.82) is 0 Å². The van der Waals surface area contributed by atoms with Gasteiger partial charge in [-0.2, -0.15) is 0 Å². The molecule has 20 heavy (non-hydrogen) atoms. The highest BCUT2D eigenvalue weighted by Gasteiger charge is 2.11. The van der Waals surface area contributed by atoms with Crippen molar-refractivity contribution in [2.75, 3.05) is 10.6 Å². The monoisotopic (exact) mass is 291 g/mol. The predicted molar refractivity (Wildman–Crippen MR) is 79.2 cm³/mol. The zero-order valence-corrected chi connectivity index (χ0v) is 11.8. The molecule has 104 valence electrons. The van der Waals surface area contributed by atoms with Gasteiger partial charge in [0.05, 0.1) is 5.02 Å². The summed E-state index contributed by atoms with van der Waals surface area (Å²) in [5.41, 5.74) is 2.46. The third kappa shape index (κ3) is 3.19. The molecule has 0 aliphatic rings. The summed E-state index contributed by atoms with van der Waals surface area (Å²) in [6.45, 7) is 3.26. The highest BCUT2D eigenvalue weighted by Crippen LogP contribution is 2.24. The van der Waals surface area contributed by atoms with Crippen LogP contribution in [-0.2, 0) is 4.79 Å². The molecule has 0 spiro atoms. The second-order valence-electron chi connectivity index (χ2n) is 4.35. The largest absolute Gasteiger partial charge is 0.356 e. The summed E-state index contributed by atoms with van der Waals surface area (Å²) in [4.78, 5) is 25.9. The van der Waals surface area contributed by atoms with Gasteiger partial charge in [-0.05, 0) is 30.7 Å².